The Kier molecular flexibility index (Phi) is 5.98. The van der Waals surface area contributed by atoms with E-state index < -0.39 is 21.5 Å². The van der Waals surface area contributed by atoms with Gasteiger partial charge < -0.3 is 11.1 Å². The van der Waals surface area contributed by atoms with Gasteiger partial charge in [-0.2, -0.15) is 0 Å². The highest BCUT2D eigenvalue weighted by molar-refractivity contribution is 7.92. The Bertz CT molecular complexity index is 509. The Balaban J connectivity index is 2.54. The number of anilines is 1. The number of sulfone groups is 1. The lowest BCUT2D eigenvalue weighted by molar-refractivity contribution is -0.113. The quantitative estimate of drug-likeness (QED) is 0.780. The number of aryl methyl sites for hydroxylation is 1. The lowest BCUT2D eigenvalue weighted by atomic mass is 10.1. The van der Waals surface area contributed by atoms with Crippen molar-refractivity contribution in [2.24, 2.45) is 5.73 Å². The predicted octanol–water partition coefficient (Wildman–Crippen LogP) is 0.951. The van der Waals surface area contributed by atoms with Crippen LogP contribution >= 0.6 is 0 Å². The zero-order valence-electron chi connectivity index (χ0n) is 11.1. The third-order valence-electron chi connectivity index (χ3n) is 2.66. The number of carbonyl (C=O) groups excluding carboxylic acids is 1. The largest absolute Gasteiger partial charge is 0.330 e. The van der Waals surface area contributed by atoms with E-state index in [9.17, 15) is 13.2 Å². The van der Waals surface area contributed by atoms with Crippen LogP contribution in [0.5, 0.6) is 0 Å². The Hall–Kier alpha value is -1.40. The van der Waals surface area contributed by atoms with Crippen molar-refractivity contribution in [3.05, 3.63) is 29.8 Å². The van der Waals surface area contributed by atoms with Gasteiger partial charge in [-0.15, -0.1) is 0 Å². The highest BCUT2D eigenvalue weighted by Gasteiger charge is 2.16. The van der Waals surface area contributed by atoms with E-state index in [0.717, 1.165) is 12.0 Å². The second-order valence-electron chi connectivity index (χ2n) is 4.33. The first-order chi connectivity index (χ1) is 8.96. The summed E-state index contributed by atoms with van der Waals surface area (Å²) in [4.78, 5) is 11.6. The van der Waals surface area contributed by atoms with Gasteiger partial charge >= 0.3 is 0 Å². The van der Waals surface area contributed by atoms with Crippen LogP contribution in [0.3, 0.4) is 0 Å². The van der Waals surface area contributed by atoms with E-state index in [-0.39, 0.29) is 5.75 Å². The van der Waals surface area contributed by atoms with Crippen molar-refractivity contribution in [3.8, 4) is 0 Å². The first-order valence-corrected chi connectivity index (χ1v) is 8.08. The Labute approximate surface area is 114 Å². The molecule has 0 aliphatic rings. The minimum absolute atomic E-state index is 0.0499. The van der Waals surface area contributed by atoms with E-state index in [2.05, 4.69) is 5.32 Å². The lowest BCUT2D eigenvalue weighted by Gasteiger charge is -2.06. The summed E-state index contributed by atoms with van der Waals surface area (Å²) in [5, 5.41) is 2.58. The molecule has 0 fully saturated rings. The molecule has 0 atom stereocenters. The molecule has 106 valence electrons. The van der Waals surface area contributed by atoms with Gasteiger partial charge in [0.05, 0.1) is 5.75 Å². The standard InChI is InChI=1S/C13H20N2O3S/c1-2-11-4-6-12(7-5-11)15-13(16)10-19(17,18)9-3-8-14/h4-7H,2-3,8-10,14H2,1H3,(H,15,16). The highest BCUT2D eigenvalue weighted by Crippen LogP contribution is 2.10. The number of amides is 1. The van der Waals surface area contributed by atoms with E-state index in [1.165, 1.54) is 0 Å². The summed E-state index contributed by atoms with van der Waals surface area (Å²) in [5.74, 6) is -1.06. The van der Waals surface area contributed by atoms with Crippen molar-refractivity contribution in [2.45, 2.75) is 19.8 Å². The molecule has 1 aromatic rings. The molecule has 0 bridgehead atoms. The molecule has 0 heterocycles. The number of hydrogen-bond acceptors (Lipinski definition) is 4. The Morgan fingerprint density at radius 3 is 2.42 bits per heavy atom. The summed E-state index contributed by atoms with van der Waals surface area (Å²) >= 11 is 0. The van der Waals surface area contributed by atoms with E-state index in [1.807, 2.05) is 19.1 Å². The number of rotatable bonds is 7. The second kappa shape index (κ2) is 7.25. The van der Waals surface area contributed by atoms with Crippen LogP contribution in [0.25, 0.3) is 0 Å². The fourth-order valence-corrected chi connectivity index (χ4v) is 2.82. The number of nitrogens with one attached hydrogen (secondary N) is 1. The van der Waals surface area contributed by atoms with Crippen LogP contribution in [0.15, 0.2) is 24.3 Å². The van der Waals surface area contributed by atoms with Gasteiger partial charge in [0.15, 0.2) is 9.84 Å². The molecule has 3 N–H and O–H groups in total. The van der Waals surface area contributed by atoms with Crippen LogP contribution < -0.4 is 11.1 Å². The molecule has 1 aromatic carbocycles. The van der Waals surface area contributed by atoms with Gasteiger partial charge in [0.2, 0.25) is 5.91 Å². The molecule has 0 spiro atoms. The molecule has 0 unspecified atom stereocenters. The summed E-state index contributed by atoms with van der Waals surface area (Å²) in [6, 6.07) is 7.34. The molecule has 0 aliphatic heterocycles. The van der Waals surface area contributed by atoms with Gasteiger partial charge in [0, 0.05) is 5.69 Å². The van der Waals surface area contributed by atoms with Crippen molar-refractivity contribution < 1.29 is 13.2 Å². The van der Waals surface area contributed by atoms with Gasteiger partial charge in [-0.05, 0) is 37.1 Å². The summed E-state index contributed by atoms with van der Waals surface area (Å²) in [5.41, 5.74) is 7.02. The molecular weight excluding hydrogens is 264 g/mol. The summed E-state index contributed by atoms with van der Waals surface area (Å²) in [6.45, 7) is 2.34. The number of benzene rings is 1. The first kappa shape index (κ1) is 15.7. The number of carbonyl (C=O) groups is 1. The molecule has 1 amide bonds. The average Bonchev–Trinajstić information content (AvgIpc) is 2.36. The van der Waals surface area contributed by atoms with Crippen molar-refractivity contribution in [2.75, 3.05) is 23.4 Å². The molecule has 0 radical (unpaired) electrons. The molecule has 0 aromatic heterocycles. The second-order valence-corrected chi connectivity index (χ2v) is 6.52. The maximum Gasteiger partial charge on any atom is 0.239 e. The Morgan fingerprint density at radius 1 is 1.26 bits per heavy atom. The van der Waals surface area contributed by atoms with Crippen molar-refractivity contribution in [1.29, 1.82) is 0 Å². The third-order valence-corrected chi connectivity index (χ3v) is 4.27. The summed E-state index contributed by atoms with van der Waals surface area (Å²) < 4.78 is 23.1. The minimum atomic E-state index is -3.37. The smallest absolute Gasteiger partial charge is 0.239 e. The molecule has 0 saturated carbocycles. The van der Waals surface area contributed by atoms with Crippen molar-refractivity contribution in [3.63, 3.8) is 0 Å². The van der Waals surface area contributed by atoms with E-state index in [0.29, 0.717) is 18.7 Å². The number of hydrogen-bond donors (Lipinski definition) is 2. The van der Waals surface area contributed by atoms with Crippen LogP contribution in [0.4, 0.5) is 5.69 Å². The van der Waals surface area contributed by atoms with Gasteiger partial charge in [0.1, 0.15) is 5.75 Å². The fraction of sp³-hybridized carbons (Fsp3) is 0.462. The lowest BCUT2D eigenvalue weighted by Crippen LogP contribution is -2.25. The number of nitrogens with two attached hydrogens (primary N) is 1. The molecule has 19 heavy (non-hydrogen) atoms. The van der Waals surface area contributed by atoms with Crippen LogP contribution in [-0.4, -0.2) is 32.4 Å². The topological polar surface area (TPSA) is 89.3 Å². The maximum atomic E-state index is 11.6. The van der Waals surface area contributed by atoms with Gasteiger partial charge in [-0.3, -0.25) is 4.79 Å². The molecular formula is C13H20N2O3S. The van der Waals surface area contributed by atoms with Crippen LogP contribution in [0.1, 0.15) is 18.9 Å². The van der Waals surface area contributed by atoms with Crippen LogP contribution in [0, 0.1) is 0 Å². The summed E-state index contributed by atoms with van der Waals surface area (Å²) in [7, 11) is -3.37. The van der Waals surface area contributed by atoms with Crippen molar-refractivity contribution >= 4 is 21.4 Å². The van der Waals surface area contributed by atoms with Crippen molar-refractivity contribution in [1.82, 2.24) is 0 Å². The zero-order valence-corrected chi connectivity index (χ0v) is 11.9. The van der Waals surface area contributed by atoms with Gasteiger partial charge in [-0.25, -0.2) is 8.42 Å². The van der Waals surface area contributed by atoms with E-state index in [1.54, 1.807) is 12.1 Å². The van der Waals surface area contributed by atoms with Crippen LogP contribution in [-0.2, 0) is 21.1 Å². The monoisotopic (exact) mass is 284 g/mol. The zero-order chi connectivity index (χ0) is 14.3. The van der Waals surface area contributed by atoms with E-state index in [4.69, 9.17) is 5.73 Å². The molecule has 1 rings (SSSR count). The highest BCUT2D eigenvalue weighted by atomic mass is 32.2. The molecule has 5 nitrogen and oxygen atoms in total. The van der Waals surface area contributed by atoms with Crippen LogP contribution in [0.2, 0.25) is 0 Å². The van der Waals surface area contributed by atoms with Gasteiger partial charge in [-0.1, -0.05) is 19.1 Å². The van der Waals surface area contributed by atoms with E-state index >= 15 is 0 Å². The maximum absolute atomic E-state index is 11.6. The third kappa shape index (κ3) is 5.85. The normalized spacial score (nSPS) is 11.3. The SMILES string of the molecule is CCc1ccc(NC(=O)CS(=O)(=O)CCCN)cc1. The minimum Gasteiger partial charge on any atom is -0.330 e. The Morgan fingerprint density at radius 2 is 1.89 bits per heavy atom. The fourth-order valence-electron chi connectivity index (χ4n) is 1.60. The average molecular weight is 284 g/mol. The first-order valence-electron chi connectivity index (χ1n) is 6.26. The molecule has 6 heteroatoms. The molecule has 0 saturated heterocycles. The predicted molar refractivity (Wildman–Crippen MR) is 76.8 cm³/mol. The summed E-state index contributed by atoms with van der Waals surface area (Å²) in [6.07, 6.45) is 1.29. The van der Waals surface area contributed by atoms with Gasteiger partial charge in [0.25, 0.3) is 0 Å². The molecule has 0 aliphatic carbocycles.